The molecule has 1 amide bonds. The number of carbonyl (C=O) groups excluding carboxylic acids is 1. The average Bonchev–Trinajstić information content (AvgIpc) is 1.63. The van der Waals surface area contributed by atoms with E-state index >= 15 is 0 Å². The topological polar surface area (TPSA) is 93.0 Å². The molecule has 0 fully saturated rings. The van der Waals surface area contributed by atoms with E-state index in [9.17, 15) is 4.79 Å². The summed E-state index contributed by atoms with van der Waals surface area (Å²) in [5, 5.41) is 6.93. The first-order valence-corrected chi connectivity index (χ1v) is 2.63. The molecular formula is C5H11N3O. The number of nitrogens with two attached hydrogens (primary N) is 2. The van der Waals surface area contributed by atoms with E-state index in [-0.39, 0.29) is 6.42 Å². The third-order valence-electron chi connectivity index (χ3n) is 0.892. The van der Waals surface area contributed by atoms with Crippen LogP contribution in [-0.4, -0.2) is 17.7 Å². The molecule has 9 heavy (non-hydrogen) atoms. The lowest BCUT2D eigenvalue weighted by Gasteiger charge is -2.03. The van der Waals surface area contributed by atoms with Crippen molar-refractivity contribution in [2.24, 2.45) is 11.5 Å². The number of amides is 1. The van der Waals surface area contributed by atoms with Crippen LogP contribution in [-0.2, 0) is 4.79 Å². The van der Waals surface area contributed by atoms with Gasteiger partial charge in [-0.3, -0.25) is 4.79 Å². The van der Waals surface area contributed by atoms with Gasteiger partial charge in [0.05, 0.1) is 6.04 Å². The van der Waals surface area contributed by atoms with E-state index < -0.39 is 11.9 Å². The van der Waals surface area contributed by atoms with E-state index in [1.54, 1.807) is 6.92 Å². The second-order valence-electron chi connectivity index (χ2n) is 1.99. The summed E-state index contributed by atoms with van der Waals surface area (Å²) >= 11 is 0. The van der Waals surface area contributed by atoms with Crippen molar-refractivity contribution >= 4 is 11.6 Å². The highest BCUT2D eigenvalue weighted by atomic mass is 16.1. The normalized spacial score (nSPS) is 12.7. The van der Waals surface area contributed by atoms with Gasteiger partial charge in [0.15, 0.2) is 0 Å². The summed E-state index contributed by atoms with van der Waals surface area (Å²) in [5.41, 5.74) is 10.4. The van der Waals surface area contributed by atoms with Crippen LogP contribution < -0.4 is 11.5 Å². The zero-order valence-corrected chi connectivity index (χ0v) is 5.35. The van der Waals surface area contributed by atoms with Crippen LogP contribution in [0.4, 0.5) is 0 Å². The molecule has 0 saturated carbocycles. The Morgan fingerprint density at radius 2 is 2.22 bits per heavy atom. The van der Waals surface area contributed by atoms with Gasteiger partial charge in [-0.25, -0.2) is 0 Å². The minimum atomic E-state index is -0.692. The fourth-order valence-corrected chi connectivity index (χ4v) is 0.430. The summed E-state index contributed by atoms with van der Waals surface area (Å²) in [7, 11) is 0. The lowest BCUT2D eigenvalue weighted by molar-refractivity contribution is -0.119. The van der Waals surface area contributed by atoms with E-state index in [1.807, 2.05) is 0 Å². The number of hydrogen-bond donors (Lipinski definition) is 3. The van der Waals surface area contributed by atoms with Gasteiger partial charge >= 0.3 is 0 Å². The third kappa shape index (κ3) is 3.66. The maximum Gasteiger partial charge on any atom is 0.234 e. The van der Waals surface area contributed by atoms with Gasteiger partial charge in [0.1, 0.15) is 0 Å². The number of hydrogen-bond acceptors (Lipinski definition) is 3. The van der Waals surface area contributed by atoms with Gasteiger partial charge in [-0.05, 0) is 6.92 Å². The van der Waals surface area contributed by atoms with Crippen molar-refractivity contribution in [1.82, 2.24) is 0 Å². The predicted octanol–water partition coefficient (Wildman–Crippen LogP) is -0.771. The quantitative estimate of drug-likeness (QED) is 0.436. The molecule has 0 aliphatic carbocycles. The van der Waals surface area contributed by atoms with Gasteiger partial charge in [-0.1, -0.05) is 0 Å². The summed E-state index contributed by atoms with van der Waals surface area (Å²) in [6, 6.07) is -0.692. The highest BCUT2D eigenvalue weighted by molar-refractivity contribution is 5.88. The second kappa shape index (κ2) is 3.19. The first kappa shape index (κ1) is 8.10. The molecule has 5 N–H and O–H groups in total. The summed E-state index contributed by atoms with van der Waals surface area (Å²) in [5.74, 6) is -0.554. The molecule has 0 bridgehead atoms. The summed E-state index contributed by atoms with van der Waals surface area (Å²) < 4.78 is 0. The molecule has 0 aromatic heterocycles. The van der Waals surface area contributed by atoms with E-state index in [2.05, 4.69) is 0 Å². The highest BCUT2D eigenvalue weighted by Gasteiger charge is 2.08. The van der Waals surface area contributed by atoms with Crippen molar-refractivity contribution < 1.29 is 4.79 Å². The van der Waals surface area contributed by atoms with Gasteiger partial charge in [-0.2, -0.15) is 0 Å². The maximum atomic E-state index is 10.2. The molecule has 4 heteroatoms. The van der Waals surface area contributed by atoms with Crippen LogP contribution in [0.25, 0.3) is 0 Å². The third-order valence-corrected chi connectivity index (χ3v) is 0.892. The smallest absolute Gasteiger partial charge is 0.234 e. The van der Waals surface area contributed by atoms with Crippen molar-refractivity contribution in [3.63, 3.8) is 0 Å². The van der Waals surface area contributed by atoms with Gasteiger partial charge in [-0.15, -0.1) is 0 Å². The van der Waals surface area contributed by atoms with Crippen molar-refractivity contribution in [3.05, 3.63) is 0 Å². The van der Waals surface area contributed by atoms with E-state index in [4.69, 9.17) is 16.9 Å². The Hall–Kier alpha value is -0.900. The molecule has 1 atom stereocenters. The molecule has 0 saturated heterocycles. The van der Waals surface area contributed by atoms with Gasteiger partial charge < -0.3 is 16.9 Å². The number of primary amides is 1. The van der Waals surface area contributed by atoms with Crippen LogP contribution in [0.15, 0.2) is 0 Å². The van der Waals surface area contributed by atoms with Crippen LogP contribution in [0.1, 0.15) is 13.3 Å². The van der Waals surface area contributed by atoms with Gasteiger partial charge in [0.2, 0.25) is 5.91 Å². The minimum absolute atomic E-state index is 0.259. The fourth-order valence-electron chi connectivity index (χ4n) is 0.430. The molecule has 0 heterocycles. The molecule has 0 aliphatic rings. The Balaban J connectivity index is 3.63. The molecule has 0 aromatic rings. The molecule has 0 aromatic carbocycles. The van der Waals surface area contributed by atoms with Crippen LogP contribution in [0.5, 0.6) is 0 Å². The monoisotopic (exact) mass is 129 g/mol. The molecule has 4 nitrogen and oxygen atoms in total. The molecule has 0 spiro atoms. The van der Waals surface area contributed by atoms with E-state index in [0.29, 0.717) is 5.71 Å². The van der Waals surface area contributed by atoms with Crippen molar-refractivity contribution in [3.8, 4) is 0 Å². The molecule has 0 rings (SSSR count). The van der Waals surface area contributed by atoms with Crippen molar-refractivity contribution in [2.45, 2.75) is 19.4 Å². The first-order valence-electron chi connectivity index (χ1n) is 2.63. The van der Waals surface area contributed by atoms with Crippen LogP contribution in [0.3, 0.4) is 0 Å². The first-order chi connectivity index (χ1) is 4.04. The zero-order valence-electron chi connectivity index (χ0n) is 5.35. The molecule has 0 aliphatic heterocycles. The van der Waals surface area contributed by atoms with Crippen LogP contribution >= 0.6 is 0 Å². The Morgan fingerprint density at radius 1 is 1.78 bits per heavy atom. The highest BCUT2D eigenvalue weighted by Crippen LogP contribution is 1.87. The fraction of sp³-hybridized carbons (Fsp3) is 0.600. The minimum Gasteiger partial charge on any atom is -0.368 e. The van der Waals surface area contributed by atoms with Crippen LogP contribution in [0.2, 0.25) is 0 Å². The van der Waals surface area contributed by atoms with E-state index in [0.717, 1.165) is 0 Å². The van der Waals surface area contributed by atoms with Gasteiger partial charge in [0.25, 0.3) is 0 Å². The van der Waals surface area contributed by atoms with Crippen molar-refractivity contribution in [2.75, 3.05) is 0 Å². The zero-order chi connectivity index (χ0) is 7.44. The summed E-state index contributed by atoms with van der Waals surface area (Å²) in [6.07, 6.45) is 0.259. The second-order valence-corrected chi connectivity index (χ2v) is 1.99. The Bertz CT molecular complexity index is 132. The SMILES string of the molecule is CC(=N)CC(N)C(N)=O. The Morgan fingerprint density at radius 3 is 2.33 bits per heavy atom. The number of rotatable bonds is 3. The lowest BCUT2D eigenvalue weighted by atomic mass is 10.1. The standard InChI is InChI=1S/C5H11N3O/c1-3(6)2-4(7)5(8)9/h4,6H,2,7H2,1H3,(H2,8,9). The average molecular weight is 129 g/mol. The largest absolute Gasteiger partial charge is 0.368 e. The van der Waals surface area contributed by atoms with E-state index in [1.165, 1.54) is 0 Å². The van der Waals surface area contributed by atoms with Crippen LogP contribution in [0, 0.1) is 5.41 Å². The number of nitrogens with one attached hydrogen (secondary N) is 1. The molecule has 0 radical (unpaired) electrons. The Labute approximate surface area is 53.7 Å². The summed E-state index contributed by atoms with van der Waals surface area (Å²) in [4.78, 5) is 10.2. The molecular weight excluding hydrogens is 118 g/mol. The predicted molar refractivity (Wildman–Crippen MR) is 35.2 cm³/mol. The maximum absolute atomic E-state index is 10.2. The number of carbonyl (C=O) groups is 1. The van der Waals surface area contributed by atoms with Crippen molar-refractivity contribution in [1.29, 1.82) is 5.41 Å². The summed E-state index contributed by atoms with van der Waals surface area (Å²) in [6.45, 7) is 1.59. The molecule has 1 unspecified atom stereocenters. The Kier molecular flexibility index (Phi) is 2.87. The molecule has 52 valence electrons. The van der Waals surface area contributed by atoms with Gasteiger partial charge in [0, 0.05) is 12.1 Å². The lowest BCUT2D eigenvalue weighted by Crippen LogP contribution is -2.37.